The fourth-order valence-electron chi connectivity index (χ4n) is 2.48. The third-order valence-electron chi connectivity index (χ3n) is 3.57. The van der Waals surface area contributed by atoms with Crippen molar-refractivity contribution in [3.8, 4) is 0 Å². The van der Waals surface area contributed by atoms with Crippen LogP contribution in [0, 0.1) is 6.92 Å². The maximum Gasteiger partial charge on any atom is 0.243 e. The fraction of sp³-hybridized carbons (Fsp3) is 0.385. The van der Waals surface area contributed by atoms with Crippen LogP contribution in [-0.2, 0) is 10.0 Å². The van der Waals surface area contributed by atoms with Crippen LogP contribution in [0.15, 0.2) is 41.6 Å². The minimum Gasteiger partial charge on any atom is -0.248 e. The second-order valence-corrected chi connectivity index (χ2v) is 6.94. The zero-order valence-corrected chi connectivity index (χ0v) is 12.0. The molecule has 1 aromatic heterocycles. The number of benzene rings is 1. The number of aromatic nitrogens is 3. The van der Waals surface area contributed by atoms with Crippen LogP contribution in [0.25, 0.3) is 0 Å². The Morgan fingerprint density at radius 3 is 2.90 bits per heavy atom. The summed E-state index contributed by atoms with van der Waals surface area (Å²) in [5.41, 5.74) is 0.943. The summed E-state index contributed by atoms with van der Waals surface area (Å²) in [5, 5.41) is 7.72. The van der Waals surface area contributed by atoms with Crippen molar-refractivity contribution in [2.75, 3.05) is 13.1 Å². The highest BCUT2D eigenvalue weighted by Crippen LogP contribution is 2.26. The van der Waals surface area contributed by atoms with Crippen LogP contribution in [0.2, 0.25) is 0 Å². The van der Waals surface area contributed by atoms with Gasteiger partial charge >= 0.3 is 0 Å². The fourth-order valence-corrected chi connectivity index (χ4v) is 4.08. The molecule has 2 heterocycles. The van der Waals surface area contributed by atoms with Crippen LogP contribution in [-0.4, -0.2) is 40.8 Å². The number of sulfonamides is 1. The highest BCUT2D eigenvalue weighted by Gasteiger charge is 2.33. The summed E-state index contributed by atoms with van der Waals surface area (Å²) < 4.78 is 28.4. The van der Waals surface area contributed by atoms with E-state index < -0.39 is 10.0 Å². The zero-order chi connectivity index (χ0) is 14.2. The predicted molar refractivity (Wildman–Crippen MR) is 73.6 cm³/mol. The maximum absolute atomic E-state index is 12.6. The van der Waals surface area contributed by atoms with Crippen molar-refractivity contribution in [2.45, 2.75) is 24.3 Å². The van der Waals surface area contributed by atoms with Gasteiger partial charge < -0.3 is 0 Å². The Balaban J connectivity index is 1.83. The molecule has 0 amide bonds. The predicted octanol–water partition coefficient (Wildman–Crippen LogP) is 1.22. The molecule has 0 bridgehead atoms. The van der Waals surface area contributed by atoms with Gasteiger partial charge in [0.2, 0.25) is 10.0 Å². The first kappa shape index (κ1) is 13.3. The number of hydrogen-bond donors (Lipinski definition) is 0. The highest BCUT2D eigenvalue weighted by atomic mass is 32.2. The van der Waals surface area contributed by atoms with Gasteiger partial charge in [0.1, 0.15) is 0 Å². The molecule has 20 heavy (non-hydrogen) atoms. The average molecular weight is 292 g/mol. The van der Waals surface area contributed by atoms with Gasteiger partial charge in [0.05, 0.1) is 17.1 Å². The second kappa shape index (κ2) is 4.99. The van der Waals surface area contributed by atoms with Crippen LogP contribution in [0.5, 0.6) is 0 Å². The van der Waals surface area contributed by atoms with Gasteiger partial charge in [-0.25, -0.2) is 13.1 Å². The summed E-state index contributed by atoms with van der Waals surface area (Å²) in [4.78, 5) is 0.358. The zero-order valence-electron chi connectivity index (χ0n) is 11.2. The minimum absolute atomic E-state index is 0.0667. The molecule has 1 aromatic carbocycles. The first-order valence-corrected chi connectivity index (χ1v) is 7.94. The minimum atomic E-state index is -3.41. The smallest absolute Gasteiger partial charge is 0.243 e. The van der Waals surface area contributed by atoms with Crippen LogP contribution in [0.3, 0.4) is 0 Å². The lowest BCUT2D eigenvalue weighted by molar-refractivity contribution is 0.428. The van der Waals surface area contributed by atoms with E-state index in [9.17, 15) is 8.42 Å². The molecule has 1 fully saturated rings. The SMILES string of the molecule is Cc1cccc(S(=O)(=O)N2CC[C@@H](n3ccnn3)C2)c1. The molecule has 6 nitrogen and oxygen atoms in total. The van der Waals surface area contributed by atoms with Crippen molar-refractivity contribution in [3.05, 3.63) is 42.2 Å². The van der Waals surface area contributed by atoms with Crippen molar-refractivity contribution in [1.82, 2.24) is 19.3 Å². The lowest BCUT2D eigenvalue weighted by atomic mass is 10.2. The molecule has 1 aliphatic rings. The Labute approximate surface area is 118 Å². The molecule has 2 aromatic rings. The standard InChI is InChI=1S/C13H16N4O2S/c1-11-3-2-4-13(9-11)20(18,19)16-7-5-12(10-16)17-8-6-14-15-17/h2-4,6,8-9,12H,5,7,10H2,1H3/t12-/m1/s1. The topological polar surface area (TPSA) is 68.1 Å². The van der Waals surface area contributed by atoms with E-state index in [1.807, 2.05) is 13.0 Å². The molecule has 7 heteroatoms. The van der Waals surface area contributed by atoms with Crippen molar-refractivity contribution >= 4 is 10.0 Å². The van der Waals surface area contributed by atoms with Gasteiger partial charge in [-0.1, -0.05) is 17.3 Å². The quantitative estimate of drug-likeness (QED) is 0.853. The summed E-state index contributed by atoms with van der Waals surface area (Å²) >= 11 is 0. The normalized spacial score (nSPS) is 20.4. The number of aryl methyl sites for hydroxylation is 1. The molecular weight excluding hydrogens is 276 g/mol. The van der Waals surface area contributed by atoms with Crippen molar-refractivity contribution in [1.29, 1.82) is 0 Å². The van der Waals surface area contributed by atoms with Crippen LogP contribution < -0.4 is 0 Å². The molecule has 0 radical (unpaired) electrons. The molecule has 0 spiro atoms. The third-order valence-corrected chi connectivity index (χ3v) is 5.43. The molecule has 1 saturated heterocycles. The van der Waals surface area contributed by atoms with Gasteiger partial charge in [-0.2, -0.15) is 4.31 Å². The third kappa shape index (κ3) is 2.34. The first-order valence-electron chi connectivity index (χ1n) is 6.50. The summed E-state index contributed by atoms with van der Waals surface area (Å²) in [7, 11) is -3.41. The average Bonchev–Trinajstić information content (AvgIpc) is 3.10. The van der Waals surface area contributed by atoms with Gasteiger partial charge in [-0.05, 0) is 31.0 Å². The molecule has 106 valence electrons. The van der Waals surface area contributed by atoms with Crippen LogP contribution in [0.4, 0.5) is 0 Å². The van der Waals surface area contributed by atoms with E-state index in [0.717, 1.165) is 12.0 Å². The Morgan fingerprint density at radius 2 is 2.20 bits per heavy atom. The van der Waals surface area contributed by atoms with Crippen LogP contribution >= 0.6 is 0 Å². The Bertz CT molecular complexity index is 697. The Kier molecular flexibility index (Phi) is 3.31. The van der Waals surface area contributed by atoms with E-state index in [1.54, 1.807) is 35.3 Å². The van der Waals surface area contributed by atoms with E-state index in [4.69, 9.17) is 0 Å². The van der Waals surface area contributed by atoms with E-state index >= 15 is 0 Å². The molecular formula is C13H16N4O2S. The monoisotopic (exact) mass is 292 g/mol. The number of nitrogens with zero attached hydrogens (tertiary/aromatic N) is 4. The summed E-state index contributed by atoms with van der Waals surface area (Å²) in [5.74, 6) is 0. The lowest BCUT2D eigenvalue weighted by Crippen LogP contribution is -2.29. The maximum atomic E-state index is 12.6. The largest absolute Gasteiger partial charge is 0.248 e. The van der Waals surface area contributed by atoms with Gasteiger partial charge in [0.25, 0.3) is 0 Å². The van der Waals surface area contributed by atoms with E-state index in [1.165, 1.54) is 4.31 Å². The van der Waals surface area contributed by atoms with E-state index in [0.29, 0.717) is 18.0 Å². The van der Waals surface area contributed by atoms with Crippen molar-refractivity contribution in [3.63, 3.8) is 0 Å². The summed E-state index contributed by atoms with van der Waals surface area (Å²) in [6.45, 7) is 2.85. The van der Waals surface area contributed by atoms with Crippen molar-refractivity contribution in [2.24, 2.45) is 0 Å². The Hall–Kier alpha value is -1.73. The van der Waals surface area contributed by atoms with Gasteiger partial charge in [0, 0.05) is 19.3 Å². The molecule has 0 aliphatic carbocycles. The lowest BCUT2D eigenvalue weighted by Gasteiger charge is -2.16. The van der Waals surface area contributed by atoms with Gasteiger partial charge in [-0.15, -0.1) is 5.10 Å². The van der Waals surface area contributed by atoms with Crippen molar-refractivity contribution < 1.29 is 8.42 Å². The van der Waals surface area contributed by atoms with Gasteiger partial charge in [0.15, 0.2) is 0 Å². The van der Waals surface area contributed by atoms with E-state index in [-0.39, 0.29) is 6.04 Å². The number of hydrogen-bond acceptors (Lipinski definition) is 4. The molecule has 0 saturated carbocycles. The van der Waals surface area contributed by atoms with Gasteiger partial charge in [-0.3, -0.25) is 0 Å². The molecule has 3 rings (SSSR count). The Morgan fingerprint density at radius 1 is 1.35 bits per heavy atom. The molecule has 1 aliphatic heterocycles. The van der Waals surface area contributed by atoms with E-state index in [2.05, 4.69) is 10.3 Å². The first-order chi connectivity index (χ1) is 9.57. The molecule has 0 unspecified atom stereocenters. The highest BCUT2D eigenvalue weighted by molar-refractivity contribution is 7.89. The summed E-state index contributed by atoms with van der Waals surface area (Å²) in [6, 6.07) is 7.08. The summed E-state index contributed by atoms with van der Waals surface area (Å²) in [6.07, 6.45) is 4.14. The van der Waals surface area contributed by atoms with Crippen LogP contribution in [0.1, 0.15) is 18.0 Å². The molecule has 1 atom stereocenters. The second-order valence-electron chi connectivity index (χ2n) is 5.01. The number of rotatable bonds is 3. The molecule has 0 N–H and O–H groups in total.